The molecule has 0 amide bonds. The Balaban J connectivity index is 0.00000300. The fourth-order valence-electron chi connectivity index (χ4n) is 4.21. The van der Waals surface area contributed by atoms with Gasteiger partial charge in [0.2, 0.25) is 0 Å². The summed E-state index contributed by atoms with van der Waals surface area (Å²) in [6, 6.07) is 4.33. The van der Waals surface area contributed by atoms with Crippen LogP contribution in [0.5, 0.6) is 0 Å². The number of anilines is 1. The van der Waals surface area contributed by atoms with Crippen LogP contribution in [0, 0.1) is 11.8 Å². The number of guanidine groups is 1. The van der Waals surface area contributed by atoms with Crippen LogP contribution >= 0.6 is 24.0 Å². The van der Waals surface area contributed by atoms with E-state index in [0.29, 0.717) is 6.54 Å². The summed E-state index contributed by atoms with van der Waals surface area (Å²) in [6.07, 6.45) is 4.59. The summed E-state index contributed by atoms with van der Waals surface area (Å²) in [4.78, 5) is 16.8. The van der Waals surface area contributed by atoms with Gasteiger partial charge in [0.05, 0.1) is 6.54 Å². The zero-order valence-electron chi connectivity index (χ0n) is 18.6. The van der Waals surface area contributed by atoms with Gasteiger partial charge in [0.25, 0.3) is 0 Å². The number of piperazine rings is 1. The molecule has 2 aliphatic rings. The van der Waals surface area contributed by atoms with Crippen LogP contribution in [0.15, 0.2) is 23.3 Å². The number of hydrogen-bond donors (Lipinski definition) is 1. The monoisotopic (exact) mass is 514 g/mol. The highest BCUT2D eigenvalue weighted by Gasteiger charge is 2.25. The molecule has 3 rings (SSSR count). The van der Waals surface area contributed by atoms with E-state index >= 15 is 0 Å². The van der Waals surface area contributed by atoms with Gasteiger partial charge in [-0.1, -0.05) is 19.9 Å². The predicted octanol–water partition coefficient (Wildman–Crippen LogP) is 3.28. The van der Waals surface area contributed by atoms with E-state index in [1.807, 2.05) is 6.20 Å². The second kappa shape index (κ2) is 11.9. The topological polar surface area (TPSA) is 47.0 Å². The van der Waals surface area contributed by atoms with Crippen LogP contribution in [0.4, 0.5) is 5.82 Å². The van der Waals surface area contributed by atoms with Crippen LogP contribution in [0.1, 0.15) is 39.2 Å². The number of pyridine rings is 1. The highest BCUT2D eigenvalue weighted by atomic mass is 127. The number of aromatic nitrogens is 1. The minimum absolute atomic E-state index is 0. The SMILES string of the molecule is CCNC(=NCc1ccc(N2CCN(C)CC2)nc1)N1CCC(CC(C)C)C1.I. The molecule has 0 saturated carbocycles. The molecule has 29 heavy (non-hydrogen) atoms. The fraction of sp³-hybridized carbons (Fsp3) is 0.727. The molecule has 1 aromatic rings. The lowest BCUT2D eigenvalue weighted by Crippen LogP contribution is -2.44. The molecule has 2 fully saturated rings. The number of likely N-dealkylation sites (tertiary alicyclic amines) is 1. The highest BCUT2D eigenvalue weighted by Crippen LogP contribution is 2.23. The summed E-state index contributed by atoms with van der Waals surface area (Å²) in [7, 11) is 2.18. The highest BCUT2D eigenvalue weighted by molar-refractivity contribution is 14.0. The van der Waals surface area contributed by atoms with Gasteiger partial charge >= 0.3 is 0 Å². The smallest absolute Gasteiger partial charge is 0.194 e. The van der Waals surface area contributed by atoms with Crippen LogP contribution in [-0.2, 0) is 6.54 Å². The third-order valence-electron chi connectivity index (χ3n) is 5.77. The molecule has 1 aromatic heterocycles. The van der Waals surface area contributed by atoms with Crippen molar-refractivity contribution in [2.45, 2.75) is 40.2 Å². The van der Waals surface area contributed by atoms with Crippen LogP contribution in [-0.4, -0.2) is 73.6 Å². The maximum absolute atomic E-state index is 4.90. The average Bonchev–Trinajstić information content (AvgIpc) is 3.14. The minimum Gasteiger partial charge on any atom is -0.357 e. The Bertz CT molecular complexity index is 625. The van der Waals surface area contributed by atoms with Crippen molar-refractivity contribution in [2.75, 3.05) is 57.8 Å². The molecular formula is C22H39IN6. The lowest BCUT2D eigenvalue weighted by molar-refractivity contribution is 0.312. The Hall–Kier alpha value is -1.09. The van der Waals surface area contributed by atoms with E-state index in [1.54, 1.807) is 0 Å². The first-order chi connectivity index (χ1) is 13.5. The number of aliphatic imine (C=N–C) groups is 1. The van der Waals surface area contributed by atoms with Crippen molar-refractivity contribution >= 4 is 35.8 Å². The van der Waals surface area contributed by atoms with Gasteiger partial charge in [-0.05, 0) is 50.3 Å². The number of nitrogens with one attached hydrogen (secondary N) is 1. The van der Waals surface area contributed by atoms with Crippen LogP contribution < -0.4 is 10.2 Å². The van der Waals surface area contributed by atoms with Gasteiger partial charge in [-0.15, -0.1) is 24.0 Å². The number of hydrogen-bond acceptors (Lipinski definition) is 4. The molecule has 3 heterocycles. The third kappa shape index (κ3) is 7.27. The summed E-state index contributed by atoms with van der Waals surface area (Å²) in [5.41, 5.74) is 1.17. The van der Waals surface area contributed by atoms with Gasteiger partial charge in [-0.3, -0.25) is 0 Å². The Kier molecular flexibility index (Phi) is 9.95. The van der Waals surface area contributed by atoms with Gasteiger partial charge in [0, 0.05) is 52.0 Å². The number of nitrogens with zero attached hydrogens (tertiary/aromatic N) is 5. The molecule has 1 atom stereocenters. The van der Waals surface area contributed by atoms with Crippen molar-refractivity contribution in [2.24, 2.45) is 16.8 Å². The largest absolute Gasteiger partial charge is 0.357 e. The minimum atomic E-state index is 0. The maximum atomic E-state index is 4.90. The molecule has 0 spiro atoms. The van der Waals surface area contributed by atoms with Crippen LogP contribution in [0.3, 0.4) is 0 Å². The standard InChI is InChI=1S/C22H38N6.HI/c1-5-23-22(28-9-8-19(17-28)14-18(2)3)25-16-20-6-7-21(24-15-20)27-12-10-26(4)11-13-27;/h6-7,15,18-19H,5,8-14,16-17H2,1-4H3,(H,23,25);1H. The second-order valence-electron chi connectivity index (χ2n) is 8.72. The summed E-state index contributed by atoms with van der Waals surface area (Å²) in [5.74, 6) is 3.71. The summed E-state index contributed by atoms with van der Waals surface area (Å²) >= 11 is 0. The lowest BCUT2D eigenvalue weighted by Gasteiger charge is -2.33. The molecular weight excluding hydrogens is 475 g/mol. The maximum Gasteiger partial charge on any atom is 0.194 e. The first-order valence-corrected chi connectivity index (χ1v) is 11.0. The summed E-state index contributed by atoms with van der Waals surface area (Å²) in [5, 5.41) is 3.48. The van der Waals surface area contributed by atoms with E-state index in [4.69, 9.17) is 9.98 Å². The first-order valence-electron chi connectivity index (χ1n) is 11.0. The normalized spacial score (nSPS) is 20.9. The van der Waals surface area contributed by atoms with Crippen molar-refractivity contribution in [3.8, 4) is 0 Å². The molecule has 7 heteroatoms. The van der Waals surface area contributed by atoms with Crippen molar-refractivity contribution in [3.05, 3.63) is 23.9 Å². The van der Waals surface area contributed by atoms with E-state index in [9.17, 15) is 0 Å². The number of halogens is 1. The molecule has 6 nitrogen and oxygen atoms in total. The quantitative estimate of drug-likeness (QED) is 0.359. The Labute approximate surface area is 194 Å². The molecule has 0 radical (unpaired) electrons. The number of likely N-dealkylation sites (N-methyl/N-ethyl adjacent to an activating group) is 1. The molecule has 2 saturated heterocycles. The Morgan fingerprint density at radius 3 is 2.59 bits per heavy atom. The first kappa shape index (κ1) is 24.2. The second-order valence-corrected chi connectivity index (χ2v) is 8.72. The van der Waals surface area contributed by atoms with Gasteiger partial charge in [0.1, 0.15) is 5.82 Å². The molecule has 0 aliphatic carbocycles. The van der Waals surface area contributed by atoms with E-state index in [1.165, 1.54) is 18.4 Å². The average molecular weight is 515 g/mol. The van der Waals surface area contributed by atoms with Crippen molar-refractivity contribution in [1.82, 2.24) is 20.1 Å². The molecule has 0 aromatic carbocycles. The fourth-order valence-corrected chi connectivity index (χ4v) is 4.21. The van der Waals surface area contributed by atoms with Crippen molar-refractivity contribution < 1.29 is 0 Å². The van der Waals surface area contributed by atoms with Gasteiger partial charge in [-0.2, -0.15) is 0 Å². The van der Waals surface area contributed by atoms with E-state index in [2.05, 4.69) is 60.0 Å². The number of rotatable bonds is 6. The predicted molar refractivity (Wildman–Crippen MR) is 133 cm³/mol. The molecule has 1 N–H and O–H groups in total. The zero-order valence-corrected chi connectivity index (χ0v) is 20.9. The van der Waals surface area contributed by atoms with E-state index in [0.717, 1.165) is 69.4 Å². The molecule has 0 bridgehead atoms. The van der Waals surface area contributed by atoms with Crippen molar-refractivity contribution in [1.29, 1.82) is 0 Å². The summed E-state index contributed by atoms with van der Waals surface area (Å²) in [6.45, 7) is 14.9. The molecule has 2 aliphatic heterocycles. The summed E-state index contributed by atoms with van der Waals surface area (Å²) < 4.78 is 0. The Morgan fingerprint density at radius 1 is 1.21 bits per heavy atom. The van der Waals surface area contributed by atoms with Gasteiger partial charge in [0.15, 0.2) is 5.96 Å². The van der Waals surface area contributed by atoms with Crippen LogP contribution in [0.25, 0.3) is 0 Å². The zero-order chi connectivity index (χ0) is 19.9. The molecule has 1 unspecified atom stereocenters. The third-order valence-corrected chi connectivity index (χ3v) is 5.77. The van der Waals surface area contributed by atoms with E-state index in [-0.39, 0.29) is 24.0 Å². The molecule has 164 valence electrons. The van der Waals surface area contributed by atoms with Crippen LogP contribution in [0.2, 0.25) is 0 Å². The van der Waals surface area contributed by atoms with Gasteiger partial charge in [-0.25, -0.2) is 9.98 Å². The van der Waals surface area contributed by atoms with Gasteiger partial charge < -0.3 is 20.0 Å². The van der Waals surface area contributed by atoms with Crippen molar-refractivity contribution in [3.63, 3.8) is 0 Å². The lowest BCUT2D eigenvalue weighted by atomic mass is 9.97. The Morgan fingerprint density at radius 2 is 1.97 bits per heavy atom. The van der Waals surface area contributed by atoms with E-state index < -0.39 is 0 Å².